The van der Waals surface area contributed by atoms with Crippen LogP contribution in [0.1, 0.15) is 93.5 Å². The molecule has 3 fully saturated rings. The number of benzene rings is 4. The highest BCUT2D eigenvalue weighted by Crippen LogP contribution is 2.43. The predicted molar refractivity (Wildman–Crippen MR) is 229 cm³/mol. The lowest BCUT2D eigenvalue weighted by atomic mass is 9.71. The largest absolute Gasteiger partial charge is 0.508 e. The number of carbonyl (C=O) groups excluding carboxylic acids is 5. The maximum atomic E-state index is 13.6. The van der Waals surface area contributed by atoms with E-state index in [0.717, 1.165) is 90.2 Å². The van der Waals surface area contributed by atoms with Crippen molar-refractivity contribution in [1.82, 2.24) is 20.0 Å². The van der Waals surface area contributed by atoms with E-state index in [1.165, 1.54) is 11.3 Å². The highest BCUT2D eigenvalue weighted by Gasteiger charge is 2.46. The molecule has 1 atom stereocenters. The molecule has 0 bridgehead atoms. The Morgan fingerprint density at radius 1 is 0.750 bits per heavy atom. The van der Waals surface area contributed by atoms with E-state index in [1.807, 2.05) is 35.2 Å². The second kappa shape index (κ2) is 16.3. The molecule has 5 aliphatic heterocycles. The quantitative estimate of drug-likeness (QED) is 0.110. The van der Waals surface area contributed by atoms with Crippen molar-refractivity contribution >= 4 is 58.0 Å². The maximum absolute atomic E-state index is 13.6. The Bertz CT molecular complexity index is 2340. The number of hydrogen-bond acceptors (Lipinski definition) is 8. The zero-order valence-electron chi connectivity index (χ0n) is 33.5. The molecule has 0 aliphatic carbocycles. The zero-order valence-corrected chi connectivity index (χ0v) is 34.3. The normalized spacial score (nSPS) is 20.6. The molecule has 11 nitrogen and oxygen atoms in total. The molecule has 308 valence electrons. The minimum Gasteiger partial charge on any atom is -0.508 e. The van der Waals surface area contributed by atoms with Gasteiger partial charge in [0.25, 0.3) is 11.8 Å². The molecule has 1 unspecified atom stereocenters. The minimum absolute atomic E-state index is 0.0760. The van der Waals surface area contributed by atoms with E-state index >= 15 is 0 Å². The summed E-state index contributed by atoms with van der Waals surface area (Å²) in [5.41, 5.74) is 9.31. The van der Waals surface area contributed by atoms with E-state index < -0.39 is 29.7 Å². The molecule has 5 amide bonds. The summed E-state index contributed by atoms with van der Waals surface area (Å²) in [6.07, 6.45) is 5.02. The number of halogens is 1. The van der Waals surface area contributed by atoms with Crippen molar-refractivity contribution in [3.05, 3.63) is 130 Å². The van der Waals surface area contributed by atoms with Gasteiger partial charge in [-0.05, 0) is 119 Å². The van der Waals surface area contributed by atoms with Gasteiger partial charge in [0.15, 0.2) is 0 Å². The zero-order chi connectivity index (χ0) is 41.5. The number of phenols is 1. The molecule has 0 saturated carbocycles. The Balaban J connectivity index is 0.795. The smallest absolute Gasteiger partial charge is 0.262 e. The van der Waals surface area contributed by atoms with Crippen LogP contribution in [0.5, 0.6) is 5.75 Å². The van der Waals surface area contributed by atoms with Gasteiger partial charge in [0, 0.05) is 57.3 Å². The van der Waals surface area contributed by atoms with Crippen LogP contribution in [0.2, 0.25) is 0 Å². The van der Waals surface area contributed by atoms with Crippen molar-refractivity contribution in [3.63, 3.8) is 0 Å². The van der Waals surface area contributed by atoms with Crippen molar-refractivity contribution in [2.75, 3.05) is 43.5 Å². The molecule has 0 aromatic heterocycles. The molecule has 2 N–H and O–H groups in total. The topological polar surface area (TPSA) is 131 Å². The van der Waals surface area contributed by atoms with Gasteiger partial charge in [0.05, 0.1) is 17.7 Å². The molecule has 3 saturated heterocycles. The van der Waals surface area contributed by atoms with Crippen LogP contribution in [-0.2, 0) is 27.5 Å². The molecule has 4 aromatic rings. The van der Waals surface area contributed by atoms with Gasteiger partial charge in [-0.2, -0.15) is 0 Å². The summed E-state index contributed by atoms with van der Waals surface area (Å²) >= 11 is 6.37. The average Bonchev–Trinajstić information content (AvgIpc) is 3.76. The number of phenolic OH excluding ortho intramolecular Hbond substituents is 1. The van der Waals surface area contributed by atoms with Crippen molar-refractivity contribution in [1.29, 1.82) is 0 Å². The van der Waals surface area contributed by atoms with Crippen molar-refractivity contribution in [3.8, 4) is 5.75 Å². The van der Waals surface area contributed by atoms with E-state index in [-0.39, 0.29) is 47.6 Å². The maximum Gasteiger partial charge on any atom is 0.262 e. The standard InChI is InChI=1S/C48H48ClN5O6/c49-21-16-38(31-4-2-1-3-5-31)44(33-8-12-37(55)13-9-33)32-6-10-36(11-7-32)52-22-17-48(18-23-52)19-24-53(25-20-48)43(57)30-51-28-34-26-39-40(27-35(34)29-51)47(60)54(46(39)59)41-14-15-42(56)50-45(41)58/h1-13,26-27,41,55H,14-25,28-30H2,(H,50,56,58). The third kappa shape index (κ3) is 7.60. The lowest BCUT2D eigenvalue weighted by Crippen LogP contribution is -2.54. The number of piperidine rings is 3. The molecular formula is C48H48ClN5O6. The van der Waals surface area contributed by atoms with Gasteiger partial charge < -0.3 is 14.9 Å². The number of anilines is 1. The number of aromatic hydroxyl groups is 1. The lowest BCUT2D eigenvalue weighted by molar-refractivity contribution is -0.137. The molecule has 1 spiro atoms. The number of nitrogens with zero attached hydrogens (tertiary/aromatic N) is 4. The van der Waals surface area contributed by atoms with Crippen LogP contribution in [0.15, 0.2) is 91.0 Å². The van der Waals surface area contributed by atoms with Crippen LogP contribution < -0.4 is 10.2 Å². The van der Waals surface area contributed by atoms with Gasteiger partial charge in [-0.1, -0.05) is 54.6 Å². The molecule has 5 aliphatic rings. The summed E-state index contributed by atoms with van der Waals surface area (Å²) in [5.74, 6) is -1.24. The number of nitrogens with one attached hydrogen (secondary N) is 1. The van der Waals surface area contributed by atoms with Crippen molar-refractivity contribution in [2.24, 2.45) is 5.41 Å². The van der Waals surface area contributed by atoms with Gasteiger partial charge in [-0.3, -0.25) is 39.1 Å². The Hall–Kier alpha value is -5.78. The first kappa shape index (κ1) is 39.7. The highest BCUT2D eigenvalue weighted by molar-refractivity contribution is 6.23. The minimum atomic E-state index is -0.996. The molecular weight excluding hydrogens is 778 g/mol. The number of allylic oxidation sites excluding steroid dienone is 1. The van der Waals surface area contributed by atoms with E-state index in [2.05, 4.69) is 51.5 Å². The van der Waals surface area contributed by atoms with Gasteiger partial charge in [-0.25, -0.2) is 0 Å². The molecule has 4 aromatic carbocycles. The summed E-state index contributed by atoms with van der Waals surface area (Å²) in [5, 5.41) is 12.3. The molecule has 12 heteroatoms. The number of fused-ring (bicyclic) bond motifs is 2. The first-order valence-electron chi connectivity index (χ1n) is 21.0. The van der Waals surface area contributed by atoms with E-state index in [4.69, 9.17) is 11.6 Å². The monoisotopic (exact) mass is 825 g/mol. The number of rotatable bonds is 9. The van der Waals surface area contributed by atoms with Crippen molar-refractivity contribution in [2.45, 2.75) is 64.1 Å². The van der Waals surface area contributed by atoms with Crippen LogP contribution in [0.3, 0.4) is 0 Å². The fraction of sp³-hybridized carbons (Fsp3) is 0.354. The SMILES string of the molecule is O=C1CCC(N2C(=O)c3cc4c(cc3C2=O)CN(CC(=O)N2CCC3(CC2)CCN(c2ccc(C(=C(CCCl)c5ccccc5)c5ccc(O)cc5)cc2)CC3)C4)C(=O)N1. The summed E-state index contributed by atoms with van der Waals surface area (Å²) in [7, 11) is 0. The van der Waals surface area contributed by atoms with Gasteiger partial charge in [0.2, 0.25) is 17.7 Å². The Kier molecular flexibility index (Phi) is 10.8. The van der Waals surface area contributed by atoms with Crippen LogP contribution in [0.25, 0.3) is 11.1 Å². The first-order valence-corrected chi connectivity index (χ1v) is 21.5. The summed E-state index contributed by atoms with van der Waals surface area (Å²) in [6.45, 7) is 4.66. The van der Waals surface area contributed by atoms with Crippen molar-refractivity contribution < 1.29 is 29.1 Å². The van der Waals surface area contributed by atoms with Crippen LogP contribution in [-0.4, -0.2) is 94.0 Å². The molecule has 5 heterocycles. The fourth-order valence-electron chi connectivity index (χ4n) is 9.94. The highest BCUT2D eigenvalue weighted by atomic mass is 35.5. The van der Waals surface area contributed by atoms with E-state index in [0.29, 0.717) is 25.4 Å². The number of amides is 5. The van der Waals surface area contributed by atoms with Crippen LogP contribution in [0.4, 0.5) is 5.69 Å². The Morgan fingerprint density at radius 3 is 1.92 bits per heavy atom. The average molecular weight is 826 g/mol. The summed E-state index contributed by atoms with van der Waals surface area (Å²) in [6, 6.07) is 29.1. The van der Waals surface area contributed by atoms with E-state index in [1.54, 1.807) is 24.3 Å². The van der Waals surface area contributed by atoms with E-state index in [9.17, 15) is 29.1 Å². The fourth-order valence-corrected chi connectivity index (χ4v) is 10.1. The number of alkyl halides is 1. The Morgan fingerprint density at radius 2 is 1.33 bits per heavy atom. The number of imide groups is 2. The van der Waals surface area contributed by atoms with Crippen LogP contribution >= 0.6 is 11.6 Å². The third-order valence-electron chi connectivity index (χ3n) is 13.4. The second-order valence-electron chi connectivity index (χ2n) is 16.9. The summed E-state index contributed by atoms with van der Waals surface area (Å²) in [4.78, 5) is 71.9. The van der Waals surface area contributed by atoms with Gasteiger partial charge in [-0.15, -0.1) is 11.6 Å². The molecule has 60 heavy (non-hydrogen) atoms. The van der Waals surface area contributed by atoms with Gasteiger partial charge >= 0.3 is 0 Å². The third-order valence-corrected chi connectivity index (χ3v) is 13.5. The summed E-state index contributed by atoms with van der Waals surface area (Å²) < 4.78 is 0. The number of carbonyl (C=O) groups is 5. The lowest BCUT2D eigenvalue weighted by Gasteiger charge is -2.47. The van der Waals surface area contributed by atoms with Crippen LogP contribution in [0, 0.1) is 5.41 Å². The van der Waals surface area contributed by atoms with Gasteiger partial charge in [0.1, 0.15) is 11.8 Å². The molecule has 0 radical (unpaired) electrons. The Labute approximate surface area is 354 Å². The second-order valence-corrected chi connectivity index (χ2v) is 17.3. The number of likely N-dealkylation sites (tertiary alicyclic amines) is 1. The first-order chi connectivity index (χ1) is 29.1. The number of hydrogen-bond donors (Lipinski definition) is 2. The predicted octanol–water partition coefficient (Wildman–Crippen LogP) is 6.61. The molecule has 9 rings (SSSR count).